The molecule has 1 aromatic rings. The van der Waals surface area contributed by atoms with E-state index in [1.807, 2.05) is 18.2 Å². The molecule has 4 heteroatoms. The molecular weight excluding hydrogens is 277 g/mol. The number of anilines is 1. The van der Waals surface area contributed by atoms with Gasteiger partial charge in [0.1, 0.15) is 0 Å². The Labute approximate surface area is 104 Å². The van der Waals surface area contributed by atoms with Crippen molar-refractivity contribution in [3.05, 3.63) is 27.7 Å². The van der Waals surface area contributed by atoms with Crippen LogP contribution >= 0.6 is 27.5 Å². The van der Waals surface area contributed by atoms with Crippen LogP contribution in [0.3, 0.4) is 0 Å². The predicted octanol–water partition coefficient (Wildman–Crippen LogP) is 3.94. The molecule has 1 atom stereocenters. The van der Waals surface area contributed by atoms with E-state index in [9.17, 15) is 0 Å². The number of nitrogens with one attached hydrogen (secondary N) is 1. The highest BCUT2D eigenvalue weighted by Gasteiger charge is 2.05. The van der Waals surface area contributed by atoms with Crippen molar-refractivity contribution in [1.29, 1.82) is 0 Å². The van der Waals surface area contributed by atoms with E-state index >= 15 is 0 Å². The molecule has 0 saturated heterocycles. The Morgan fingerprint density at radius 1 is 1.53 bits per heavy atom. The molecule has 0 bridgehead atoms. The summed E-state index contributed by atoms with van der Waals surface area (Å²) >= 11 is 9.48. The number of hydrogen-bond donors (Lipinski definition) is 1. The highest BCUT2D eigenvalue weighted by atomic mass is 79.9. The van der Waals surface area contributed by atoms with Crippen LogP contribution in [0.2, 0.25) is 5.02 Å². The van der Waals surface area contributed by atoms with E-state index in [1.54, 1.807) is 7.11 Å². The van der Waals surface area contributed by atoms with Crippen molar-refractivity contribution in [3.8, 4) is 0 Å². The quantitative estimate of drug-likeness (QED) is 0.887. The van der Waals surface area contributed by atoms with E-state index in [2.05, 4.69) is 28.2 Å². The number of hydrogen-bond acceptors (Lipinski definition) is 2. The molecule has 15 heavy (non-hydrogen) atoms. The maximum absolute atomic E-state index is 6.06. The number of methoxy groups -OCH3 is 1. The second kappa shape index (κ2) is 6.36. The number of halogens is 2. The zero-order chi connectivity index (χ0) is 11.3. The van der Waals surface area contributed by atoms with Gasteiger partial charge in [-0.3, -0.25) is 0 Å². The van der Waals surface area contributed by atoms with Gasteiger partial charge in [-0.05, 0) is 31.5 Å². The first-order valence-electron chi connectivity index (χ1n) is 4.84. The first kappa shape index (κ1) is 12.8. The summed E-state index contributed by atoms with van der Waals surface area (Å²) in [6.45, 7) is 2.86. The molecule has 1 aromatic carbocycles. The van der Waals surface area contributed by atoms with Gasteiger partial charge in [-0.1, -0.05) is 27.5 Å². The molecule has 0 amide bonds. The normalized spacial score (nSPS) is 12.5. The summed E-state index contributed by atoms with van der Waals surface area (Å²) in [7, 11) is 1.71. The van der Waals surface area contributed by atoms with Gasteiger partial charge in [0.05, 0.1) is 10.7 Å². The fourth-order valence-corrected chi connectivity index (χ4v) is 1.77. The fraction of sp³-hybridized carbons (Fsp3) is 0.455. The van der Waals surface area contributed by atoms with Crippen molar-refractivity contribution in [2.24, 2.45) is 0 Å². The molecule has 1 rings (SSSR count). The molecule has 0 aliphatic rings. The van der Waals surface area contributed by atoms with Crippen LogP contribution in [0.25, 0.3) is 0 Å². The Kier molecular flexibility index (Phi) is 5.43. The maximum atomic E-state index is 6.06. The van der Waals surface area contributed by atoms with Gasteiger partial charge in [0.2, 0.25) is 0 Å². The van der Waals surface area contributed by atoms with Gasteiger partial charge >= 0.3 is 0 Å². The minimum Gasteiger partial charge on any atom is -0.385 e. The monoisotopic (exact) mass is 291 g/mol. The minimum atomic E-state index is 0.344. The largest absolute Gasteiger partial charge is 0.385 e. The van der Waals surface area contributed by atoms with E-state index in [0.717, 1.165) is 28.2 Å². The lowest BCUT2D eigenvalue weighted by molar-refractivity contribution is 0.191. The number of benzene rings is 1. The fourth-order valence-electron chi connectivity index (χ4n) is 1.24. The first-order valence-corrected chi connectivity index (χ1v) is 6.01. The highest BCUT2D eigenvalue weighted by molar-refractivity contribution is 9.10. The van der Waals surface area contributed by atoms with Crippen LogP contribution in [0.5, 0.6) is 0 Å². The smallest absolute Gasteiger partial charge is 0.0638 e. The lowest BCUT2D eigenvalue weighted by Crippen LogP contribution is -2.17. The Hall–Kier alpha value is -0.250. The summed E-state index contributed by atoms with van der Waals surface area (Å²) < 4.78 is 6.04. The van der Waals surface area contributed by atoms with Gasteiger partial charge in [-0.2, -0.15) is 0 Å². The van der Waals surface area contributed by atoms with E-state index in [-0.39, 0.29) is 0 Å². The molecular formula is C11H15BrClNO. The minimum absolute atomic E-state index is 0.344. The Bertz CT molecular complexity index is 319. The van der Waals surface area contributed by atoms with Gasteiger partial charge < -0.3 is 10.1 Å². The molecule has 0 radical (unpaired) electrons. The van der Waals surface area contributed by atoms with Crippen molar-refractivity contribution < 1.29 is 4.74 Å². The van der Waals surface area contributed by atoms with E-state index in [0.29, 0.717) is 6.04 Å². The van der Waals surface area contributed by atoms with E-state index in [4.69, 9.17) is 16.3 Å². The van der Waals surface area contributed by atoms with Crippen molar-refractivity contribution in [2.75, 3.05) is 19.0 Å². The van der Waals surface area contributed by atoms with Gasteiger partial charge in [-0.15, -0.1) is 0 Å². The third kappa shape index (κ3) is 4.41. The molecule has 0 aliphatic carbocycles. The zero-order valence-corrected chi connectivity index (χ0v) is 11.2. The Morgan fingerprint density at radius 3 is 2.93 bits per heavy atom. The van der Waals surface area contributed by atoms with Crippen LogP contribution in [0.1, 0.15) is 13.3 Å². The molecule has 2 nitrogen and oxygen atoms in total. The molecule has 1 N–H and O–H groups in total. The average molecular weight is 293 g/mol. The van der Waals surface area contributed by atoms with Crippen LogP contribution in [-0.2, 0) is 4.74 Å². The Balaban J connectivity index is 2.59. The van der Waals surface area contributed by atoms with Gasteiger partial charge in [0.25, 0.3) is 0 Å². The molecule has 0 aromatic heterocycles. The van der Waals surface area contributed by atoms with Crippen molar-refractivity contribution >= 4 is 33.2 Å². The van der Waals surface area contributed by atoms with E-state index < -0.39 is 0 Å². The van der Waals surface area contributed by atoms with Crippen LogP contribution in [0.15, 0.2) is 22.7 Å². The third-order valence-electron chi connectivity index (χ3n) is 2.09. The van der Waals surface area contributed by atoms with Crippen molar-refractivity contribution in [2.45, 2.75) is 19.4 Å². The van der Waals surface area contributed by atoms with Crippen molar-refractivity contribution in [1.82, 2.24) is 0 Å². The van der Waals surface area contributed by atoms with Gasteiger partial charge in [0.15, 0.2) is 0 Å². The number of ether oxygens (including phenoxy) is 1. The summed E-state index contributed by atoms with van der Waals surface area (Å²) in [5, 5.41) is 4.08. The predicted molar refractivity (Wildman–Crippen MR) is 68.7 cm³/mol. The van der Waals surface area contributed by atoms with Gasteiger partial charge in [0, 0.05) is 24.2 Å². The van der Waals surface area contributed by atoms with E-state index in [1.165, 1.54) is 0 Å². The molecule has 0 aliphatic heterocycles. The molecule has 0 saturated carbocycles. The molecule has 1 unspecified atom stereocenters. The van der Waals surface area contributed by atoms with Crippen LogP contribution in [0, 0.1) is 0 Å². The van der Waals surface area contributed by atoms with Gasteiger partial charge in [-0.25, -0.2) is 0 Å². The SMILES string of the molecule is COCCC(C)Nc1cc(Br)ccc1Cl. The summed E-state index contributed by atoms with van der Waals surface area (Å²) in [6.07, 6.45) is 0.958. The Morgan fingerprint density at radius 2 is 2.27 bits per heavy atom. The molecule has 84 valence electrons. The standard InChI is InChI=1S/C11H15BrClNO/c1-8(5-6-15-2)14-11-7-9(12)3-4-10(11)13/h3-4,7-8,14H,5-6H2,1-2H3. The first-order chi connectivity index (χ1) is 7.13. The van der Waals surface area contributed by atoms with Crippen LogP contribution in [0.4, 0.5) is 5.69 Å². The second-order valence-corrected chi connectivity index (χ2v) is 4.77. The summed E-state index contributed by atoms with van der Waals surface area (Å²) in [5.41, 5.74) is 0.953. The highest BCUT2D eigenvalue weighted by Crippen LogP contribution is 2.26. The summed E-state index contributed by atoms with van der Waals surface area (Å²) in [5.74, 6) is 0. The molecule has 0 heterocycles. The van der Waals surface area contributed by atoms with Crippen LogP contribution < -0.4 is 5.32 Å². The number of rotatable bonds is 5. The van der Waals surface area contributed by atoms with Crippen LogP contribution in [-0.4, -0.2) is 19.8 Å². The lowest BCUT2D eigenvalue weighted by atomic mass is 10.2. The average Bonchev–Trinajstić information content (AvgIpc) is 2.20. The second-order valence-electron chi connectivity index (χ2n) is 3.45. The third-order valence-corrected chi connectivity index (χ3v) is 2.91. The summed E-state index contributed by atoms with van der Waals surface area (Å²) in [4.78, 5) is 0. The lowest BCUT2D eigenvalue weighted by Gasteiger charge is -2.16. The topological polar surface area (TPSA) is 21.3 Å². The summed E-state index contributed by atoms with van der Waals surface area (Å²) in [6, 6.07) is 6.12. The molecule has 0 spiro atoms. The maximum Gasteiger partial charge on any atom is 0.0638 e. The van der Waals surface area contributed by atoms with Crippen molar-refractivity contribution in [3.63, 3.8) is 0 Å². The zero-order valence-electron chi connectivity index (χ0n) is 8.89. The molecule has 0 fully saturated rings.